The fourth-order valence-electron chi connectivity index (χ4n) is 8.34. The van der Waals surface area contributed by atoms with Gasteiger partial charge in [-0.05, 0) is 108 Å². The quantitative estimate of drug-likeness (QED) is 0.306. The number of hydrogen-bond acceptors (Lipinski definition) is 6. The van der Waals surface area contributed by atoms with Crippen molar-refractivity contribution in [1.82, 2.24) is 4.90 Å². The van der Waals surface area contributed by atoms with E-state index in [0.717, 1.165) is 57.6 Å². The summed E-state index contributed by atoms with van der Waals surface area (Å²) in [5.41, 5.74) is 5.33. The van der Waals surface area contributed by atoms with Gasteiger partial charge in [-0.2, -0.15) is 0 Å². The van der Waals surface area contributed by atoms with Crippen molar-refractivity contribution in [3.63, 3.8) is 0 Å². The van der Waals surface area contributed by atoms with Crippen LogP contribution in [0.1, 0.15) is 78.1 Å². The van der Waals surface area contributed by atoms with Crippen LogP contribution in [-0.4, -0.2) is 68.3 Å². The molecule has 0 saturated heterocycles. The summed E-state index contributed by atoms with van der Waals surface area (Å²) in [7, 11) is 4.08. The third-order valence-electron chi connectivity index (χ3n) is 10.5. The van der Waals surface area contributed by atoms with Gasteiger partial charge in [-0.1, -0.05) is 19.0 Å². The van der Waals surface area contributed by atoms with Crippen LogP contribution < -0.4 is 5.73 Å². The zero-order valence-electron chi connectivity index (χ0n) is 21.6. The number of aliphatic hydroxyl groups is 1. The topological polar surface area (TPSA) is 80.3 Å². The molecule has 0 bridgehead atoms. The molecular weight excluding hydrogens is 414 g/mol. The Morgan fingerprint density at radius 1 is 1.03 bits per heavy atom. The van der Waals surface area contributed by atoms with Gasteiger partial charge in [0.2, 0.25) is 0 Å². The van der Waals surface area contributed by atoms with Gasteiger partial charge in [0.1, 0.15) is 6.61 Å². The first-order valence-corrected chi connectivity index (χ1v) is 13.6. The second-order valence-corrected chi connectivity index (χ2v) is 12.3. The molecule has 3 N–H and O–H groups in total. The van der Waals surface area contributed by atoms with E-state index in [-0.39, 0.29) is 5.41 Å². The number of oxime groups is 1. The molecule has 6 nitrogen and oxygen atoms in total. The Kier molecular flexibility index (Phi) is 7.79. The van der Waals surface area contributed by atoms with Gasteiger partial charge < -0.3 is 25.3 Å². The molecule has 0 aromatic rings. The monoisotopic (exact) mass is 463 g/mol. The van der Waals surface area contributed by atoms with Gasteiger partial charge >= 0.3 is 0 Å². The number of hydrogen-bond donors (Lipinski definition) is 2. The van der Waals surface area contributed by atoms with Crippen LogP contribution in [0.15, 0.2) is 5.16 Å². The van der Waals surface area contributed by atoms with E-state index in [1.807, 2.05) is 20.3 Å². The normalized spacial score (nSPS) is 45.1. The first kappa shape index (κ1) is 25.4. The van der Waals surface area contributed by atoms with Crippen molar-refractivity contribution in [2.24, 2.45) is 45.4 Å². The smallest absolute Gasteiger partial charge is 0.129 e. The minimum Gasteiger partial charge on any atom is -0.395 e. The molecule has 33 heavy (non-hydrogen) atoms. The third kappa shape index (κ3) is 4.62. The summed E-state index contributed by atoms with van der Waals surface area (Å²) in [4.78, 5) is 7.63. The van der Waals surface area contributed by atoms with Gasteiger partial charge in [0, 0.05) is 30.7 Å². The number of rotatable bonds is 9. The average Bonchev–Trinajstić information content (AvgIpc) is 3.04. The maximum Gasteiger partial charge on any atom is 0.129 e. The van der Waals surface area contributed by atoms with E-state index in [2.05, 4.69) is 23.9 Å². The molecule has 4 fully saturated rings. The maximum atomic E-state index is 12.3. The van der Waals surface area contributed by atoms with E-state index in [4.69, 9.17) is 15.3 Å². The third-order valence-corrected chi connectivity index (χ3v) is 10.5. The SMILES string of the molecule is CN(C)CCO/N=C/C1CC[C@@]2(O)[C@@H]3CCC4CC(OCCCN)CC[C@]4(C)[C@@H]3CC[C@]12C. The van der Waals surface area contributed by atoms with Crippen molar-refractivity contribution >= 4 is 6.21 Å². The largest absolute Gasteiger partial charge is 0.395 e. The second-order valence-electron chi connectivity index (χ2n) is 12.3. The minimum atomic E-state index is -0.571. The van der Waals surface area contributed by atoms with E-state index >= 15 is 0 Å². The molecule has 4 aliphatic rings. The van der Waals surface area contributed by atoms with Crippen LogP contribution in [0.3, 0.4) is 0 Å². The summed E-state index contributed by atoms with van der Waals surface area (Å²) in [6.45, 7) is 7.87. The highest BCUT2D eigenvalue weighted by atomic mass is 16.6. The zero-order chi connectivity index (χ0) is 23.7. The number of ether oxygens (including phenoxy) is 1. The van der Waals surface area contributed by atoms with Gasteiger partial charge in [0.05, 0.1) is 11.7 Å². The summed E-state index contributed by atoms with van der Waals surface area (Å²) in [6, 6.07) is 0. The summed E-state index contributed by atoms with van der Waals surface area (Å²) < 4.78 is 6.18. The summed E-state index contributed by atoms with van der Waals surface area (Å²) >= 11 is 0. The molecule has 0 radical (unpaired) electrons. The average molecular weight is 464 g/mol. The van der Waals surface area contributed by atoms with Crippen LogP contribution in [0.4, 0.5) is 0 Å². The number of nitrogens with two attached hydrogens (primary N) is 1. The van der Waals surface area contributed by atoms with Gasteiger partial charge in [0.25, 0.3) is 0 Å². The van der Waals surface area contributed by atoms with Crippen LogP contribution in [0.2, 0.25) is 0 Å². The van der Waals surface area contributed by atoms with Crippen molar-refractivity contribution in [1.29, 1.82) is 0 Å². The lowest BCUT2D eigenvalue weighted by molar-refractivity contribution is -0.207. The number of fused-ring (bicyclic) bond motifs is 5. The lowest BCUT2D eigenvalue weighted by Gasteiger charge is -2.63. The molecule has 0 heterocycles. The Morgan fingerprint density at radius 3 is 2.61 bits per heavy atom. The fraction of sp³-hybridized carbons (Fsp3) is 0.963. The number of likely N-dealkylation sites (N-methyl/N-ethyl adjacent to an activating group) is 1. The van der Waals surface area contributed by atoms with Crippen molar-refractivity contribution < 1.29 is 14.7 Å². The zero-order valence-corrected chi connectivity index (χ0v) is 21.6. The standard InChI is InChI=1S/C27H49N3O3/c1-25-11-9-22(32-16-5-14-28)18-20(25)6-7-24-23(25)10-12-26(2)21(8-13-27(24,26)31)19-29-33-17-15-30(3)4/h19-24,31H,5-18,28H2,1-4H3/b29-19+/t20?,21?,22?,23-,24-,25+,26-,27-/m1/s1. The van der Waals surface area contributed by atoms with Gasteiger partial charge in [-0.15, -0.1) is 0 Å². The summed E-state index contributed by atoms with van der Waals surface area (Å²) in [6.07, 6.45) is 13.6. The molecule has 0 aliphatic heterocycles. The lowest BCUT2D eigenvalue weighted by Crippen LogP contribution is -2.62. The lowest BCUT2D eigenvalue weighted by atomic mass is 9.43. The molecule has 8 atom stereocenters. The highest BCUT2D eigenvalue weighted by Crippen LogP contribution is 2.68. The van der Waals surface area contributed by atoms with Crippen LogP contribution >= 0.6 is 0 Å². The van der Waals surface area contributed by atoms with Crippen LogP contribution in [-0.2, 0) is 9.57 Å². The predicted molar refractivity (Wildman–Crippen MR) is 133 cm³/mol. The Hall–Kier alpha value is -0.690. The molecular formula is C27H49N3O3. The second kappa shape index (κ2) is 10.1. The van der Waals surface area contributed by atoms with Crippen molar-refractivity contribution in [3.8, 4) is 0 Å². The minimum absolute atomic E-state index is 0.0890. The predicted octanol–water partition coefficient (Wildman–Crippen LogP) is 4.06. The highest BCUT2D eigenvalue weighted by molar-refractivity contribution is 5.63. The molecule has 4 rings (SSSR count). The van der Waals surface area contributed by atoms with Crippen LogP contribution in [0, 0.1) is 34.5 Å². The molecule has 6 heteroatoms. The van der Waals surface area contributed by atoms with Crippen molar-refractivity contribution in [2.45, 2.75) is 89.8 Å². The van der Waals surface area contributed by atoms with E-state index in [0.29, 0.717) is 42.4 Å². The van der Waals surface area contributed by atoms with Gasteiger partial charge in [0.15, 0.2) is 0 Å². The Bertz CT molecular complexity index is 688. The summed E-state index contributed by atoms with van der Waals surface area (Å²) in [5.74, 6) is 2.08. The Morgan fingerprint density at radius 2 is 1.85 bits per heavy atom. The van der Waals surface area contributed by atoms with Crippen molar-refractivity contribution in [2.75, 3.05) is 40.4 Å². The number of nitrogens with zero attached hydrogens (tertiary/aromatic N) is 2. The first-order valence-electron chi connectivity index (χ1n) is 13.6. The summed E-state index contributed by atoms with van der Waals surface area (Å²) in [5, 5.41) is 16.6. The molecule has 0 spiro atoms. The molecule has 3 unspecified atom stereocenters. The van der Waals surface area contributed by atoms with E-state index in [1.54, 1.807) is 0 Å². The van der Waals surface area contributed by atoms with Gasteiger partial charge in [-0.3, -0.25) is 0 Å². The molecule has 0 amide bonds. The van der Waals surface area contributed by atoms with Gasteiger partial charge in [-0.25, -0.2) is 0 Å². The van der Waals surface area contributed by atoms with Crippen LogP contribution in [0.25, 0.3) is 0 Å². The van der Waals surface area contributed by atoms with Crippen LogP contribution in [0.5, 0.6) is 0 Å². The van der Waals surface area contributed by atoms with Crippen molar-refractivity contribution in [3.05, 3.63) is 0 Å². The highest BCUT2D eigenvalue weighted by Gasteiger charge is 2.67. The first-order chi connectivity index (χ1) is 15.7. The molecule has 4 saturated carbocycles. The van der Waals surface area contributed by atoms with E-state index in [9.17, 15) is 5.11 Å². The molecule has 190 valence electrons. The molecule has 0 aromatic carbocycles. The molecule has 4 aliphatic carbocycles. The Labute approximate surface area is 201 Å². The maximum absolute atomic E-state index is 12.3. The van der Waals surface area contributed by atoms with E-state index < -0.39 is 5.60 Å². The molecule has 0 aromatic heterocycles. The Balaban J connectivity index is 1.42. The fourth-order valence-corrected chi connectivity index (χ4v) is 8.34. The van der Waals surface area contributed by atoms with E-state index in [1.165, 1.54) is 25.7 Å².